The van der Waals surface area contributed by atoms with E-state index in [-0.39, 0.29) is 52.1 Å². The Morgan fingerprint density at radius 3 is 2.36 bits per heavy atom. The third-order valence-electron chi connectivity index (χ3n) is 15.7. The van der Waals surface area contributed by atoms with Crippen LogP contribution in [0.1, 0.15) is 121 Å². The Kier molecular flexibility index (Phi) is 19.3. The molecule has 0 aliphatic carbocycles. The second kappa shape index (κ2) is 26.8. The van der Waals surface area contributed by atoms with E-state index in [1.165, 1.54) is 42.0 Å². The summed E-state index contributed by atoms with van der Waals surface area (Å²) < 4.78 is 43.2. The Hall–Kier alpha value is -7.23. The number of aryl methyl sites for hydroxylation is 2. The molecule has 18 heteroatoms. The van der Waals surface area contributed by atoms with Gasteiger partial charge in [0.05, 0.1) is 33.1 Å². The number of fused-ring (bicyclic) bond motifs is 2. The van der Waals surface area contributed by atoms with E-state index in [2.05, 4.69) is 85.0 Å². The first-order valence-electron chi connectivity index (χ1n) is 28.5. The van der Waals surface area contributed by atoms with Gasteiger partial charge in [-0.25, -0.2) is 13.8 Å². The van der Waals surface area contributed by atoms with Crippen molar-refractivity contribution >= 4 is 57.0 Å². The number of aromatic nitrogens is 5. The minimum atomic E-state index is -0.714. The van der Waals surface area contributed by atoms with Gasteiger partial charge in [-0.3, -0.25) is 19.5 Å². The van der Waals surface area contributed by atoms with Gasteiger partial charge in [0.2, 0.25) is 12.3 Å². The standard InChI is InChI=1S/C41H45F2N7O3.C18H21N3O2S.C3H8/c1-3-30-22-35(47-53-30)50-24-27(25-50)19-26-11-15-48(16-12-26)17-18-52-41-45-39-33(40(46-41)49-13-7-5-6-8-14-49)23-44-38(37(39)43)32-21-29(51)20-28-9-10-34(42)31(4-2)36(28)32;1-12(20-18(23)16-4-3-9-21(16)11-22)14-5-7-15(8-6-14)17-13(2)19-10-24-17;1-3-2/h2,9-10,20-23,26-27,51H,3,5-8,11-19,24-25H2,1H3;5-8,10-12,16H,3-4,9H2,1-2H3,(H,20,23);3H2,1-2H3. The van der Waals surface area contributed by atoms with Crippen LogP contribution in [0, 0.1) is 42.7 Å². The average Bonchev–Trinajstić information content (AvgIpc) is 4.21. The van der Waals surface area contributed by atoms with Crippen LogP contribution in [0.2, 0.25) is 0 Å². The maximum atomic E-state index is 16.8. The van der Waals surface area contributed by atoms with E-state index < -0.39 is 11.6 Å². The van der Waals surface area contributed by atoms with Gasteiger partial charge in [0.25, 0.3) is 0 Å². The highest BCUT2D eigenvalue weighted by Gasteiger charge is 2.33. The van der Waals surface area contributed by atoms with Crippen molar-refractivity contribution in [3.05, 3.63) is 101 Å². The third kappa shape index (κ3) is 13.3. The van der Waals surface area contributed by atoms with Gasteiger partial charge in [-0.2, -0.15) is 9.97 Å². The average molecular weight is 1110 g/mol. The molecule has 422 valence electrons. The van der Waals surface area contributed by atoms with Crippen LogP contribution >= 0.6 is 11.3 Å². The summed E-state index contributed by atoms with van der Waals surface area (Å²) >= 11 is 1.63. The maximum Gasteiger partial charge on any atom is 0.319 e. The van der Waals surface area contributed by atoms with Crippen molar-refractivity contribution in [2.45, 2.75) is 117 Å². The van der Waals surface area contributed by atoms with Gasteiger partial charge in [0, 0.05) is 68.9 Å². The molecule has 2 atom stereocenters. The Bertz CT molecular complexity index is 3270. The normalized spacial score (nSPS) is 17.4. The van der Waals surface area contributed by atoms with Gasteiger partial charge >= 0.3 is 6.01 Å². The van der Waals surface area contributed by atoms with Crippen LogP contribution in [0.5, 0.6) is 11.8 Å². The van der Waals surface area contributed by atoms with Crippen molar-refractivity contribution in [2.24, 2.45) is 11.8 Å². The number of hydrogen-bond acceptors (Lipinski definition) is 14. The zero-order valence-electron chi connectivity index (χ0n) is 46.7. The molecular weight excluding hydrogens is 1030 g/mol. The first kappa shape index (κ1) is 57.5. The summed E-state index contributed by atoms with van der Waals surface area (Å²) in [6, 6.07) is 15.5. The fourth-order valence-electron chi connectivity index (χ4n) is 11.3. The summed E-state index contributed by atoms with van der Waals surface area (Å²) in [5.74, 6) is 4.77. The summed E-state index contributed by atoms with van der Waals surface area (Å²) in [5.41, 5.74) is 5.19. The number of pyridine rings is 1. The molecule has 15 nitrogen and oxygen atoms in total. The molecule has 0 saturated carbocycles. The number of piperidine rings is 1. The largest absolute Gasteiger partial charge is 0.508 e. The Labute approximate surface area is 472 Å². The molecular formula is C62H74F2N10O5S. The molecule has 2 unspecified atom stereocenters. The van der Waals surface area contributed by atoms with Gasteiger partial charge in [0.15, 0.2) is 11.6 Å². The number of thiazole rings is 1. The molecule has 80 heavy (non-hydrogen) atoms. The topological polar surface area (TPSA) is 166 Å². The van der Waals surface area contributed by atoms with Gasteiger partial charge in [-0.1, -0.05) is 81.4 Å². The predicted molar refractivity (Wildman–Crippen MR) is 312 cm³/mol. The molecule has 4 fully saturated rings. The van der Waals surface area contributed by atoms with Crippen LogP contribution < -0.4 is 19.9 Å². The van der Waals surface area contributed by atoms with Crippen LogP contribution in [0.25, 0.3) is 43.4 Å². The number of hydrogen-bond donors (Lipinski definition) is 2. The number of anilines is 2. The van der Waals surface area contributed by atoms with Crippen LogP contribution in [-0.4, -0.2) is 117 Å². The molecule has 8 heterocycles. The lowest BCUT2D eigenvalue weighted by atomic mass is 9.83. The number of nitrogens with one attached hydrogen (secondary N) is 1. The van der Waals surface area contributed by atoms with E-state index in [1.807, 2.05) is 31.5 Å². The SMILES string of the molecule is C#Cc1c(F)ccc2cc(O)cc(-c3ncc4c(N5CCCCCC5)nc(OCCN5CCC(CC6CN(c7cc(CC)on7)C6)CC5)nc4c3F)c12.CCC.Cc1ncsc1-c1ccc(C(C)NC(=O)C2CCCN2C=O)cc1. The highest BCUT2D eigenvalue weighted by Crippen LogP contribution is 2.40. The van der Waals surface area contributed by atoms with E-state index in [4.69, 9.17) is 20.7 Å². The fraction of sp³-hybridized carbons (Fsp3) is 0.468. The monoisotopic (exact) mass is 1110 g/mol. The molecule has 3 aromatic carbocycles. The number of terminal acetylenes is 1. The number of aromatic hydroxyl groups is 1. The first-order chi connectivity index (χ1) is 38.9. The lowest BCUT2D eigenvalue weighted by Gasteiger charge is -2.42. The van der Waals surface area contributed by atoms with Crippen LogP contribution in [0.15, 0.2) is 70.8 Å². The van der Waals surface area contributed by atoms with Crippen LogP contribution in [0.4, 0.5) is 20.4 Å². The minimum absolute atomic E-state index is 0.0251. The highest BCUT2D eigenvalue weighted by molar-refractivity contribution is 7.13. The maximum absolute atomic E-state index is 16.8. The van der Waals surface area contributed by atoms with Crippen LogP contribution in [0.3, 0.4) is 0 Å². The molecule has 0 radical (unpaired) electrons. The predicted octanol–water partition coefficient (Wildman–Crippen LogP) is 11.7. The number of ether oxygens (including phenoxy) is 1. The molecule has 4 aliphatic heterocycles. The fourth-order valence-corrected chi connectivity index (χ4v) is 12.2. The van der Waals surface area contributed by atoms with E-state index >= 15 is 4.39 Å². The Morgan fingerprint density at radius 2 is 1.69 bits per heavy atom. The van der Waals surface area contributed by atoms with E-state index in [0.717, 1.165) is 138 Å². The highest BCUT2D eigenvalue weighted by atomic mass is 32.1. The number of carbonyl (C=O) groups is 2. The van der Waals surface area contributed by atoms with E-state index in [1.54, 1.807) is 22.4 Å². The number of likely N-dealkylation sites (tertiary alicyclic amines) is 2. The lowest BCUT2D eigenvalue weighted by Crippen LogP contribution is -2.48. The molecule has 4 saturated heterocycles. The lowest BCUT2D eigenvalue weighted by molar-refractivity contribution is -0.131. The first-order valence-corrected chi connectivity index (χ1v) is 29.4. The van der Waals surface area contributed by atoms with Crippen molar-refractivity contribution in [3.8, 4) is 45.8 Å². The number of carbonyl (C=O) groups excluding carboxylic acids is 2. The van der Waals surface area contributed by atoms with E-state index in [0.29, 0.717) is 47.0 Å². The van der Waals surface area contributed by atoms with Crippen molar-refractivity contribution in [2.75, 3.05) is 68.8 Å². The van der Waals surface area contributed by atoms with Crippen molar-refractivity contribution in [1.29, 1.82) is 0 Å². The van der Waals surface area contributed by atoms with Gasteiger partial charge in [-0.05, 0) is 118 Å². The number of rotatable bonds is 15. The second-order valence-electron chi connectivity index (χ2n) is 21.5. The zero-order valence-corrected chi connectivity index (χ0v) is 47.5. The molecule has 0 spiro atoms. The zero-order chi connectivity index (χ0) is 56.3. The molecule has 2 amide bonds. The molecule has 2 N–H and O–H groups in total. The van der Waals surface area contributed by atoms with E-state index in [9.17, 15) is 19.1 Å². The van der Waals surface area contributed by atoms with Gasteiger partial charge in [0.1, 0.15) is 47.0 Å². The summed E-state index contributed by atoms with van der Waals surface area (Å²) in [6.07, 6.45) is 19.6. The van der Waals surface area contributed by atoms with Crippen LogP contribution in [-0.2, 0) is 16.0 Å². The van der Waals surface area contributed by atoms with Gasteiger partial charge in [-0.15, -0.1) is 17.8 Å². The molecule has 4 aromatic heterocycles. The molecule has 11 rings (SSSR count). The molecule has 4 aliphatic rings. The van der Waals surface area contributed by atoms with Gasteiger partial charge < -0.3 is 34.4 Å². The quantitative estimate of drug-likeness (QED) is 0.0736. The number of halogens is 2. The number of nitrogens with zero attached hydrogens (tertiary/aromatic N) is 9. The third-order valence-corrected chi connectivity index (χ3v) is 16.7. The number of phenolic OH excluding ortho intramolecular Hbond substituents is 1. The molecule has 0 bridgehead atoms. The number of phenols is 1. The molecule has 7 aromatic rings. The smallest absolute Gasteiger partial charge is 0.319 e. The summed E-state index contributed by atoms with van der Waals surface area (Å²) in [4.78, 5) is 51.2. The Morgan fingerprint density at radius 1 is 0.938 bits per heavy atom. The summed E-state index contributed by atoms with van der Waals surface area (Å²) in [5, 5.41) is 19.0. The second-order valence-corrected chi connectivity index (χ2v) is 22.4. The summed E-state index contributed by atoms with van der Waals surface area (Å²) in [6.45, 7) is 17.7. The minimum Gasteiger partial charge on any atom is -0.508 e. The van der Waals surface area contributed by atoms with Crippen molar-refractivity contribution < 1.29 is 32.7 Å². The number of amides is 2. The van der Waals surface area contributed by atoms with Crippen molar-refractivity contribution in [3.63, 3.8) is 0 Å². The Balaban J connectivity index is 0.000000239. The van der Waals surface area contributed by atoms with Crippen molar-refractivity contribution in [1.82, 2.24) is 40.2 Å². The summed E-state index contributed by atoms with van der Waals surface area (Å²) in [7, 11) is 0. The number of benzene rings is 3.